The topological polar surface area (TPSA) is 150 Å². The Morgan fingerprint density at radius 3 is 1.91 bits per heavy atom. The number of para-hydroxylation sites is 1. The highest BCUT2D eigenvalue weighted by Crippen LogP contribution is 2.32. The average Bonchev–Trinajstić information content (AvgIpc) is 2.75. The number of methoxy groups -OCH3 is 1. The van der Waals surface area contributed by atoms with Crippen LogP contribution in [0.1, 0.15) is 38.1 Å². The van der Waals surface area contributed by atoms with Gasteiger partial charge in [-0.25, -0.2) is 4.79 Å². The second-order valence-electron chi connectivity index (χ2n) is 7.17. The van der Waals surface area contributed by atoms with Gasteiger partial charge < -0.3 is 33.2 Å². The van der Waals surface area contributed by atoms with Crippen molar-refractivity contribution >= 4 is 29.8 Å². The molecule has 0 amide bonds. The van der Waals surface area contributed by atoms with Crippen LogP contribution in [0.15, 0.2) is 24.3 Å². The monoisotopic (exact) mass is 482 g/mol. The van der Waals surface area contributed by atoms with E-state index >= 15 is 0 Å². The number of carbonyl (C=O) groups excluding carboxylic acids is 5. The van der Waals surface area contributed by atoms with E-state index in [1.54, 1.807) is 12.1 Å². The Balaban J connectivity index is 2.52. The van der Waals surface area contributed by atoms with Crippen LogP contribution in [-0.4, -0.2) is 74.3 Å². The van der Waals surface area contributed by atoms with Gasteiger partial charge in [-0.15, -0.1) is 0 Å². The van der Waals surface area contributed by atoms with Gasteiger partial charge in [0.2, 0.25) is 12.4 Å². The molecule has 0 saturated carbocycles. The van der Waals surface area contributed by atoms with Crippen LogP contribution in [0.2, 0.25) is 0 Å². The van der Waals surface area contributed by atoms with Crippen molar-refractivity contribution in [1.29, 1.82) is 0 Å². The molecule has 0 aromatic heterocycles. The van der Waals surface area contributed by atoms with E-state index < -0.39 is 67.2 Å². The highest BCUT2D eigenvalue weighted by atomic mass is 16.7. The first-order chi connectivity index (χ1) is 16.0. The second-order valence-corrected chi connectivity index (χ2v) is 7.17. The number of hydrogen-bond donors (Lipinski definition) is 0. The zero-order valence-corrected chi connectivity index (χ0v) is 19.3. The van der Waals surface area contributed by atoms with Gasteiger partial charge in [0.25, 0.3) is 0 Å². The SMILES string of the molecule is COC(=O)c1ccccc1O[C@@H]1O[C@@H](COC(C)=O)[C@H](OC(C)=O)[C@@H](OC(C)=O)[C@@H]1OC(C)=O. The Kier molecular flexibility index (Phi) is 9.36. The summed E-state index contributed by atoms with van der Waals surface area (Å²) in [5.41, 5.74) is 0.0397. The van der Waals surface area contributed by atoms with Gasteiger partial charge in [-0.05, 0) is 12.1 Å². The lowest BCUT2D eigenvalue weighted by Crippen LogP contribution is -2.63. The summed E-state index contributed by atoms with van der Waals surface area (Å²) in [6.45, 7) is 4.08. The Morgan fingerprint density at radius 1 is 0.794 bits per heavy atom. The van der Waals surface area contributed by atoms with Crippen molar-refractivity contribution in [2.24, 2.45) is 0 Å². The van der Waals surface area contributed by atoms with Gasteiger partial charge in [-0.1, -0.05) is 12.1 Å². The van der Waals surface area contributed by atoms with Gasteiger partial charge in [-0.3, -0.25) is 19.2 Å². The minimum Gasteiger partial charge on any atom is -0.465 e. The molecule has 1 fully saturated rings. The van der Waals surface area contributed by atoms with E-state index in [0.717, 1.165) is 27.7 Å². The van der Waals surface area contributed by atoms with Gasteiger partial charge in [0.05, 0.1) is 7.11 Å². The maximum absolute atomic E-state index is 12.1. The summed E-state index contributed by atoms with van der Waals surface area (Å²) in [5, 5.41) is 0. The predicted molar refractivity (Wildman–Crippen MR) is 110 cm³/mol. The third-order valence-corrected chi connectivity index (χ3v) is 4.48. The van der Waals surface area contributed by atoms with Gasteiger partial charge in [0.1, 0.15) is 24.0 Å². The summed E-state index contributed by atoms with van der Waals surface area (Å²) in [6.07, 6.45) is -6.79. The lowest BCUT2D eigenvalue weighted by molar-refractivity contribution is -0.288. The zero-order chi connectivity index (χ0) is 25.4. The molecule has 0 bridgehead atoms. The van der Waals surface area contributed by atoms with Crippen LogP contribution in [0.4, 0.5) is 0 Å². The summed E-state index contributed by atoms with van der Waals surface area (Å²) in [4.78, 5) is 59.0. The smallest absolute Gasteiger partial charge is 0.341 e. The first kappa shape index (κ1) is 26.6. The predicted octanol–water partition coefficient (Wildman–Crippen LogP) is 0.935. The van der Waals surface area contributed by atoms with Crippen LogP contribution in [-0.2, 0) is 47.6 Å². The van der Waals surface area contributed by atoms with Gasteiger partial charge in [0, 0.05) is 27.7 Å². The van der Waals surface area contributed by atoms with Crippen LogP contribution < -0.4 is 4.74 Å². The van der Waals surface area contributed by atoms with Gasteiger partial charge in [-0.2, -0.15) is 0 Å². The molecule has 1 saturated heterocycles. The molecule has 1 aliphatic rings. The maximum Gasteiger partial charge on any atom is 0.341 e. The van der Waals surface area contributed by atoms with Crippen molar-refractivity contribution in [3.05, 3.63) is 29.8 Å². The van der Waals surface area contributed by atoms with Crippen molar-refractivity contribution in [1.82, 2.24) is 0 Å². The second kappa shape index (κ2) is 12.0. The minimum absolute atomic E-state index is 0.00949. The zero-order valence-electron chi connectivity index (χ0n) is 19.3. The van der Waals surface area contributed by atoms with Crippen molar-refractivity contribution in [3.63, 3.8) is 0 Å². The third-order valence-electron chi connectivity index (χ3n) is 4.48. The molecule has 1 heterocycles. The lowest BCUT2D eigenvalue weighted by Gasteiger charge is -2.44. The molecule has 12 heteroatoms. The highest BCUT2D eigenvalue weighted by molar-refractivity contribution is 5.92. The normalized spacial score (nSPS) is 23.7. The number of carbonyl (C=O) groups is 5. The summed E-state index contributed by atoms with van der Waals surface area (Å²) in [6, 6.07) is 6.03. The van der Waals surface area contributed by atoms with Crippen molar-refractivity contribution < 1.29 is 57.1 Å². The largest absolute Gasteiger partial charge is 0.465 e. The highest BCUT2D eigenvalue weighted by Gasteiger charge is 2.53. The van der Waals surface area contributed by atoms with E-state index in [4.69, 9.17) is 33.2 Å². The van der Waals surface area contributed by atoms with E-state index in [-0.39, 0.29) is 11.3 Å². The van der Waals surface area contributed by atoms with Gasteiger partial charge >= 0.3 is 29.8 Å². The van der Waals surface area contributed by atoms with Crippen LogP contribution >= 0.6 is 0 Å². The maximum atomic E-state index is 12.1. The van der Waals surface area contributed by atoms with E-state index in [9.17, 15) is 24.0 Å². The van der Waals surface area contributed by atoms with Crippen molar-refractivity contribution in [3.8, 4) is 5.75 Å². The lowest BCUT2D eigenvalue weighted by atomic mass is 9.98. The number of rotatable bonds is 8. The van der Waals surface area contributed by atoms with E-state index in [1.807, 2.05) is 0 Å². The summed E-state index contributed by atoms with van der Waals surface area (Å²) in [5.74, 6) is -3.65. The Morgan fingerprint density at radius 2 is 1.35 bits per heavy atom. The number of esters is 5. The van der Waals surface area contributed by atoms with Crippen LogP contribution in [0.25, 0.3) is 0 Å². The third kappa shape index (κ3) is 7.17. The fourth-order valence-corrected chi connectivity index (χ4v) is 3.26. The van der Waals surface area contributed by atoms with E-state index in [2.05, 4.69) is 0 Å². The molecule has 186 valence electrons. The van der Waals surface area contributed by atoms with Crippen LogP contribution in [0.3, 0.4) is 0 Å². The molecular formula is C22H26O12. The minimum atomic E-state index is -1.47. The molecule has 34 heavy (non-hydrogen) atoms. The van der Waals surface area contributed by atoms with Crippen molar-refractivity contribution in [2.45, 2.75) is 58.4 Å². The average molecular weight is 482 g/mol. The summed E-state index contributed by atoms with van der Waals surface area (Å²) in [7, 11) is 1.19. The van der Waals surface area contributed by atoms with E-state index in [1.165, 1.54) is 19.2 Å². The van der Waals surface area contributed by atoms with E-state index in [0.29, 0.717) is 0 Å². The number of benzene rings is 1. The Hall–Kier alpha value is -3.67. The molecular weight excluding hydrogens is 456 g/mol. The standard InChI is InChI=1S/C22H26O12/c1-11(23)29-10-17-18(30-12(2)24)19(31-13(3)25)20(32-14(4)26)22(34-17)33-16-9-7-6-8-15(16)21(27)28-5/h6-9,17-20,22H,10H2,1-5H3/t17-,18-,19+,20-,22+/m0/s1. The molecule has 5 atom stereocenters. The molecule has 1 aromatic carbocycles. The fourth-order valence-electron chi connectivity index (χ4n) is 3.26. The fraction of sp³-hybridized carbons (Fsp3) is 0.500. The molecule has 2 rings (SSSR count). The molecule has 1 aromatic rings. The van der Waals surface area contributed by atoms with Crippen LogP contribution in [0, 0.1) is 0 Å². The summed E-state index contributed by atoms with van der Waals surface area (Å²) >= 11 is 0. The van der Waals surface area contributed by atoms with Crippen molar-refractivity contribution in [2.75, 3.05) is 13.7 Å². The number of hydrogen-bond acceptors (Lipinski definition) is 12. The Bertz CT molecular complexity index is 926. The molecule has 1 aliphatic heterocycles. The first-order valence-electron chi connectivity index (χ1n) is 10.2. The Labute approximate surface area is 195 Å². The molecule has 0 spiro atoms. The molecule has 0 radical (unpaired) electrons. The quantitative estimate of drug-likeness (QED) is 0.383. The molecule has 0 unspecified atom stereocenters. The van der Waals surface area contributed by atoms with Crippen LogP contribution in [0.5, 0.6) is 5.75 Å². The molecule has 0 N–H and O–H groups in total. The summed E-state index contributed by atoms with van der Waals surface area (Å²) < 4.78 is 37.4. The first-order valence-corrected chi connectivity index (χ1v) is 10.2. The molecule has 12 nitrogen and oxygen atoms in total. The number of ether oxygens (including phenoxy) is 7. The molecule has 0 aliphatic carbocycles. The van der Waals surface area contributed by atoms with Gasteiger partial charge in [0.15, 0.2) is 12.2 Å².